The molecule has 3 aromatic rings. The number of anilines is 1. The number of carbonyl (C=O) groups excluding carboxylic acids is 1. The molecule has 0 saturated carbocycles. The van der Waals surface area contributed by atoms with E-state index in [2.05, 4.69) is 31.5 Å². The predicted octanol–water partition coefficient (Wildman–Crippen LogP) is 5.04. The number of benzene rings is 2. The van der Waals surface area contributed by atoms with E-state index in [1.807, 2.05) is 35.0 Å². The lowest BCUT2D eigenvalue weighted by atomic mass is 9.94. The normalized spacial score (nSPS) is 20.5. The number of rotatable bonds is 8. The maximum atomic E-state index is 13.6. The highest BCUT2D eigenvalue weighted by molar-refractivity contribution is 9.10. The van der Waals surface area contributed by atoms with Crippen LogP contribution in [0.3, 0.4) is 0 Å². The number of ether oxygens (including phenoxy) is 2. The Morgan fingerprint density at radius 2 is 1.87 bits per heavy atom. The average molecular weight is 587 g/mol. The summed E-state index contributed by atoms with van der Waals surface area (Å²) in [6.07, 6.45) is 1.72. The Morgan fingerprint density at radius 1 is 1.13 bits per heavy atom. The molecule has 0 aliphatic carbocycles. The summed E-state index contributed by atoms with van der Waals surface area (Å²) in [5, 5.41) is 11.2. The van der Waals surface area contributed by atoms with E-state index < -0.39 is 0 Å². The minimum atomic E-state index is -0.305. The summed E-state index contributed by atoms with van der Waals surface area (Å²) in [6, 6.07) is 16.1. The van der Waals surface area contributed by atoms with Crippen LogP contribution in [0, 0.1) is 5.82 Å². The molecular weight excluding hydrogens is 553 g/mol. The summed E-state index contributed by atoms with van der Waals surface area (Å²) in [6.45, 7) is 4.16. The zero-order valence-electron chi connectivity index (χ0n) is 21.4. The topological polar surface area (TPSA) is 80.7 Å². The molecule has 10 heteroatoms. The zero-order chi connectivity index (χ0) is 26.5. The maximum Gasteiger partial charge on any atom is 0.319 e. The fourth-order valence-electron chi connectivity index (χ4n) is 5.29. The minimum absolute atomic E-state index is 0.0280. The van der Waals surface area contributed by atoms with Crippen molar-refractivity contribution >= 4 is 27.6 Å². The molecule has 0 spiro atoms. The third kappa shape index (κ3) is 6.09. The molecule has 2 N–H and O–H groups in total. The third-order valence-corrected chi connectivity index (χ3v) is 8.06. The molecule has 5 rings (SSSR count). The van der Waals surface area contributed by atoms with Crippen molar-refractivity contribution in [1.82, 2.24) is 20.0 Å². The molecule has 3 heterocycles. The molecule has 202 valence electrons. The highest BCUT2D eigenvalue weighted by atomic mass is 79.9. The monoisotopic (exact) mass is 585 g/mol. The van der Waals surface area contributed by atoms with Gasteiger partial charge >= 0.3 is 6.03 Å². The highest BCUT2D eigenvalue weighted by Crippen LogP contribution is 2.38. The molecule has 8 nitrogen and oxygen atoms in total. The number of hydrogen-bond donors (Lipinski definition) is 2. The van der Waals surface area contributed by atoms with E-state index >= 15 is 0 Å². The average Bonchev–Trinajstić information content (AvgIpc) is 3.49. The molecular formula is C28H33BrFN5O3. The van der Waals surface area contributed by atoms with Crippen molar-refractivity contribution in [2.75, 3.05) is 51.9 Å². The first-order valence-corrected chi connectivity index (χ1v) is 13.8. The number of amides is 2. The Morgan fingerprint density at radius 3 is 2.58 bits per heavy atom. The predicted molar refractivity (Wildman–Crippen MR) is 148 cm³/mol. The van der Waals surface area contributed by atoms with E-state index in [0.29, 0.717) is 37.7 Å². The lowest BCUT2D eigenvalue weighted by Crippen LogP contribution is -2.42. The van der Waals surface area contributed by atoms with Crippen LogP contribution < -0.4 is 10.6 Å². The van der Waals surface area contributed by atoms with E-state index in [9.17, 15) is 9.18 Å². The van der Waals surface area contributed by atoms with Gasteiger partial charge in [0.05, 0.1) is 18.7 Å². The van der Waals surface area contributed by atoms with Crippen molar-refractivity contribution in [3.05, 3.63) is 70.6 Å². The first kappa shape index (κ1) is 26.8. The van der Waals surface area contributed by atoms with E-state index in [1.165, 1.54) is 12.1 Å². The van der Waals surface area contributed by atoms with Gasteiger partial charge in [-0.15, -0.1) is 0 Å². The maximum absolute atomic E-state index is 13.6. The summed E-state index contributed by atoms with van der Waals surface area (Å²) in [7, 11) is 1.68. The van der Waals surface area contributed by atoms with Crippen LogP contribution in [0.1, 0.15) is 30.4 Å². The lowest BCUT2D eigenvalue weighted by molar-refractivity contribution is 0.0657. The van der Waals surface area contributed by atoms with E-state index in [4.69, 9.17) is 14.6 Å². The first-order valence-electron chi connectivity index (χ1n) is 13.0. The standard InChI is InChI=1S/C28H33BrFN5O3/c1-37-16-13-34-17-23(19-7-9-21(30)10-8-19)24(18-34)31-28(36)32-26-25(20-5-3-2-4-6-20)33-35(27(26)29)22-11-14-38-15-12-22/h2-10,22-24H,11-18H2,1H3,(H2,31,32,36)/t23-,24+/m0/s1. The van der Waals surface area contributed by atoms with E-state index in [-0.39, 0.29) is 29.8 Å². The van der Waals surface area contributed by atoms with Gasteiger partial charge < -0.3 is 20.1 Å². The lowest BCUT2D eigenvalue weighted by Gasteiger charge is -2.23. The molecule has 0 unspecified atom stereocenters. The number of hydrogen-bond acceptors (Lipinski definition) is 5. The van der Waals surface area contributed by atoms with Gasteiger partial charge in [0.25, 0.3) is 0 Å². The van der Waals surface area contributed by atoms with Crippen molar-refractivity contribution in [1.29, 1.82) is 0 Å². The number of methoxy groups -OCH3 is 1. The number of likely N-dealkylation sites (tertiary alicyclic amines) is 1. The highest BCUT2D eigenvalue weighted by Gasteiger charge is 2.35. The first-order chi connectivity index (χ1) is 18.5. The fraction of sp³-hybridized carbons (Fsp3) is 0.429. The Hall–Kier alpha value is -2.79. The summed E-state index contributed by atoms with van der Waals surface area (Å²) in [5.74, 6) is -0.245. The third-order valence-electron chi connectivity index (χ3n) is 7.30. The van der Waals surface area contributed by atoms with Crippen molar-refractivity contribution in [3.8, 4) is 11.3 Å². The van der Waals surface area contributed by atoms with Gasteiger partial charge in [0, 0.05) is 51.4 Å². The zero-order valence-corrected chi connectivity index (χ0v) is 23.0. The van der Waals surface area contributed by atoms with Gasteiger partial charge in [-0.25, -0.2) is 9.18 Å². The number of nitrogens with one attached hydrogen (secondary N) is 2. The summed E-state index contributed by atoms with van der Waals surface area (Å²) in [5.41, 5.74) is 3.26. The second kappa shape index (κ2) is 12.4. The summed E-state index contributed by atoms with van der Waals surface area (Å²) < 4.78 is 27.1. The molecule has 2 aliphatic rings. The molecule has 38 heavy (non-hydrogen) atoms. The van der Waals surface area contributed by atoms with Crippen LogP contribution in [0.5, 0.6) is 0 Å². The van der Waals surface area contributed by atoms with Gasteiger partial charge in [0.2, 0.25) is 0 Å². The molecule has 2 amide bonds. The molecule has 0 radical (unpaired) electrons. The molecule has 2 aromatic carbocycles. The fourth-order valence-corrected chi connectivity index (χ4v) is 5.95. The number of halogens is 2. The number of carbonyl (C=O) groups is 1. The summed E-state index contributed by atoms with van der Waals surface area (Å²) in [4.78, 5) is 15.7. The van der Waals surface area contributed by atoms with Crippen molar-refractivity contribution in [3.63, 3.8) is 0 Å². The largest absolute Gasteiger partial charge is 0.383 e. The van der Waals surface area contributed by atoms with Crippen molar-refractivity contribution < 1.29 is 18.7 Å². The van der Waals surface area contributed by atoms with Gasteiger partial charge in [-0.05, 0) is 46.5 Å². The number of aromatic nitrogens is 2. The smallest absolute Gasteiger partial charge is 0.319 e. The second-order valence-corrected chi connectivity index (χ2v) is 10.5. The molecule has 2 aliphatic heterocycles. The van der Waals surface area contributed by atoms with Gasteiger partial charge in [0.1, 0.15) is 21.8 Å². The Bertz CT molecular complexity index is 1220. The Kier molecular flexibility index (Phi) is 8.73. The van der Waals surface area contributed by atoms with Gasteiger partial charge in [-0.2, -0.15) is 5.10 Å². The quantitative estimate of drug-likeness (QED) is 0.387. The Labute approximate surface area is 230 Å². The molecule has 2 saturated heterocycles. The summed E-state index contributed by atoms with van der Waals surface area (Å²) >= 11 is 3.73. The number of urea groups is 1. The van der Waals surface area contributed by atoms with E-state index in [0.717, 1.165) is 41.7 Å². The molecule has 2 fully saturated rings. The van der Waals surface area contributed by atoms with Crippen LogP contribution in [0.25, 0.3) is 11.3 Å². The van der Waals surface area contributed by atoms with Gasteiger partial charge in [-0.1, -0.05) is 42.5 Å². The van der Waals surface area contributed by atoms with Crippen LogP contribution in [0.15, 0.2) is 59.2 Å². The van der Waals surface area contributed by atoms with Crippen LogP contribution in [-0.4, -0.2) is 73.3 Å². The number of nitrogens with zero attached hydrogens (tertiary/aromatic N) is 3. The van der Waals surface area contributed by atoms with Crippen molar-refractivity contribution in [2.24, 2.45) is 0 Å². The SMILES string of the molecule is COCCN1C[C@@H](NC(=O)Nc2c(-c3ccccc3)nn(C3CCOCC3)c2Br)[C@H](c2ccc(F)cc2)C1. The van der Waals surface area contributed by atoms with Crippen LogP contribution >= 0.6 is 15.9 Å². The molecule has 1 aromatic heterocycles. The molecule has 0 bridgehead atoms. The van der Waals surface area contributed by atoms with Crippen LogP contribution in [-0.2, 0) is 9.47 Å². The van der Waals surface area contributed by atoms with Crippen LogP contribution in [0.2, 0.25) is 0 Å². The molecule has 2 atom stereocenters. The second-order valence-electron chi connectivity index (χ2n) is 9.78. The van der Waals surface area contributed by atoms with Crippen LogP contribution in [0.4, 0.5) is 14.9 Å². The minimum Gasteiger partial charge on any atom is -0.383 e. The van der Waals surface area contributed by atoms with Gasteiger partial charge in [0.15, 0.2) is 0 Å². The van der Waals surface area contributed by atoms with Crippen molar-refractivity contribution in [2.45, 2.75) is 30.8 Å². The van der Waals surface area contributed by atoms with Gasteiger partial charge in [-0.3, -0.25) is 9.58 Å². The van der Waals surface area contributed by atoms with E-state index in [1.54, 1.807) is 19.2 Å². The Balaban J connectivity index is 1.38.